The molecule has 4 aromatic carbocycles. The number of halogens is 1. The number of fused-ring (bicyclic) bond motifs is 1. The van der Waals surface area contributed by atoms with Gasteiger partial charge in [-0.05, 0) is 77.9 Å². The Labute approximate surface area is 279 Å². The van der Waals surface area contributed by atoms with Gasteiger partial charge < -0.3 is 20.3 Å². The number of para-hydroxylation sites is 3. The number of primary sulfonamides is 1. The molecule has 9 nitrogen and oxygen atoms in total. The number of rotatable bonds is 9. The zero-order valence-corrected chi connectivity index (χ0v) is 27.5. The van der Waals surface area contributed by atoms with Crippen molar-refractivity contribution >= 4 is 33.1 Å². The van der Waals surface area contributed by atoms with Crippen molar-refractivity contribution in [3.05, 3.63) is 125 Å². The molecule has 4 N–H and O–H groups in total. The molecule has 1 amide bonds. The Morgan fingerprint density at radius 2 is 1.71 bits per heavy atom. The van der Waals surface area contributed by atoms with Gasteiger partial charge >= 0.3 is 0 Å². The molecule has 0 saturated carbocycles. The summed E-state index contributed by atoms with van der Waals surface area (Å²) in [4.78, 5) is 29.6. The predicted octanol–water partition coefficient (Wildman–Crippen LogP) is 6.24. The van der Waals surface area contributed by atoms with Gasteiger partial charge in [-0.2, -0.15) is 0 Å². The summed E-state index contributed by atoms with van der Waals surface area (Å²) in [5, 5.41) is 11.7. The maximum absolute atomic E-state index is 15.2. The van der Waals surface area contributed by atoms with Crippen LogP contribution in [0.25, 0.3) is 0 Å². The molecule has 0 radical (unpaired) electrons. The molecule has 0 bridgehead atoms. The van der Waals surface area contributed by atoms with Crippen LogP contribution in [0.2, 0.25) is 0 Å². The lowest BCUT2D eigenvalue weighted by molar-refractivity contribution is -0.120. The number of hydrogen-bond donors (Lipinski definition) is 3. The van der Waals surface area contributed by atoms with E-state index < -0.39 is 21.9 Å². The van der Waals surface area contributed by atoms with Crippen LogP contribution in [-0.2, 0) is 26.0 Å². The average Bonchev–Trinajstić information content (AvgIpc) is 3.16. The highest BCUT2D eigenvalue weighted by atomic mass is 32.2. The van der Waals surface area contributed by atoms with Crippen molar-refractivity contribution in [2.24, 2.45) is 10.6 Å². The van der Waals surface area contributed by atoms with E-state index >= 15 is 4.39 Å². The fourth-order valence-electron chi connectivity index (χ4n) is 6.36. The summed E-state index contributed by atoms with van der Waals surface area (Å²) in [6.07, 6.45) is 1.39. The van der Waals surface area contributed by atoms with Crippen molar-refractivity contribution in [2.75, 3.05) is 23.3 Å². The maximum atomic E-state index is 15.2. The molecule has 1 aliphatic heterocycles. The maximum Gasteiger partial charge on any atom is 0.239 e. The van der Waals surface area contributed by atoms with Gasteiger partial charge in [0.1, 0.15) is 5.75 Å². The van der Waals surface area contributed by atoms with E-state index in [1.165, 1.54) is 18.2 Å². The summed E-state index contributed by atoms with van der Waals surface area (Å²) in [5.41, 5.74) is 3.91. The number of benzene rings is 4. The number of anilines is 2. The van der Waals surface area contributed by atoms with E-state index in [2.05, 4.69) is 24.5 Å². The summed E-state index contributed by atoms with van der Waals surface area (Å²) < 4.78 is 44.3. The minimum atomic E-state index is -3.80. The normalized spacial score (nSPS) is 17.1. The second-order valence-corrected chi connectivity index (χ2v) is 14.5. The van der Waals surface area contributed by atoms with Gasteiger partial charge in [0.2, 0.25) is 15.9 Å². The van der Waals surface area contributed by atoms with E-state index in [0.29, 0.717) is 48.4 Å². The SMILES string of the molecule is CC1(C)CC(=O)C2=C(C1)Nc1ccccc1N(CC(=O)NCCc1ccc(S(N)(=O)=O)cc1)C2c1ccc(F)c(Oc2ccccc2)c1. The van der Waals surface area contributed by atoms with Crippen LogP contribution in [0, 0.1) is 11.2 Å². The minimum Gasteiger partial charge on any atom is -0.454 e. The van der Waals surface area contributed by atoms with Crippen molar-refractivity contribution in [3.63, 3.8) is 0 Å². The van der Waals surface area contributed by atoms with Crippen LogP contribution in [0.15, 0.2) is 113 Å². The number of allylic oxidation sites excluding steroid dienone is 1. The molecular formula is C37H37FN4O5S. The Kier molecular flexibility index (Phi) is 9.09. The standard InChI is InChI=1S/C37H37FN4O5S/c1-37(2)21-30-35(32(43)22-37)36(25-14-17-28(38)33(20-25)47-26-8-4-3-5-9-26)42(31-11-7-6-10-29(31)41-30)23-34(44)40-19-18-24-12-15-27(16-13-24)48(39,45)46/h3-17,20,36,41H,18-19,21-23H2,1-2H3,(H,40,44)(H2,39,45,46). The summed E-state index contributed by atoms with van der Waals surface area (Å²) >= 11 is 0. The lowest BCUT2D eigenvalue weighted by Gasteiger charge is -2.38. The number of ketones is 1. The minimum absolute atomic E-state index is 0.00721. The van der Waals surface area contributed by atoms with Crippen LogP contribution < -0.4 is 25.4 Å². The number of nitrogens with zero attached hydrogens (tertiary/aromatic N) is 1. The first-order valence-electron chi connectivity index (χ1n) is 15.7. The van der Waals surface area contributed by atoms with Crippen molar-refractivity contribution < 1.29 is 27.1 Å². The molecule has 2 aliphatic rings. The first-order chi connectivity index (χ1) is 22.9. The number of ether oxygens (including phenoxy) is 1. The Hall–Kier alpha value is -5.00. The van der Waals surface area contributed by atoms with Gasteiger partial charge in [-0.25, -0.2) is 17.9 Å². The van der Waals surface area contributed by atoms with Gasteiger partial charge in [0.25, 0.3) is 0 Å². The van der Waals surface area contributed by atoms with E-state index in [9.17, 15) is 18.0 Å². The van der Waals surface area contributed by atoms with Crippen LogP contribution in [-0.4, -0.2) is 33.2 Å². The number of nitrogens with one attached hydrogen (secondary N) is 2. The fourth-order valence-corrected chi connectivity index (χ4v) is 6.88. The van der Waals surface area contributed by atoms with Gasteiger partial charge in [-0.1, -0.05) is 62.4 Å². The topological polar surface area (TPSA) is 131 Å². The van der Waals surface area contributed by atoms with E-state index in [1.807, 2.05) is 35.2 Å². The van der Waals surface area contributed by atoms with E-state index in [1.54, 1.807) is 48.5 Å². The molecule has 1 heterocycles. The Balaban J connectivity index is 1.35. The molecule has 0 saturated heterocycles. The van der Waals surface area contributed by atoms with E-state index in [4.69, 9.17) is 9.88 Å². The van der Waals surface area contributed by atoms with E-state index in [-0.39, 0.29) is 34.3 Å². The van der Waals surface area contributed by atoms with Gasteiger partial charge in [-0.15, -0.1) is 0 Å². The number of sulfonamides is 1. The molecular weight excluding hydrogens is 631 g/mol. The molecule has 48 heavy (non-hydrogen) atoms. The third-order valence-electron chi connectivity index (χ3n) is 8.55. The molecule has 4 aromatic rings. The molecule has 0 fully saturated rings. The number of nitrogens with two attached hydrogens (primary N) is 1. The van der Waals surface area contributed by atoms with Crippen LogP contribution in [0.5, 0.6) is 11.5 Å². The summed E-state index contributed by atoms with van der Waals surface area (Å²) in [6, 6.07) is 26.5. The molecule has 0 aromatic heterocycles. The van der Waals surface area contributed by atoms with Crippen molar-refractivity contribution in [1.82, 2.24) is 5.32 Å². The van der Waals surface area contributed by atoms with Crippen LogP contribution in [0.1, 0.15) is 43.9 Å². The number of carbonyl (C=O) groups excluding carboxylic acids is 2. The van der Waals surface area contributed by atoms with Gasteiger partial charge in [0.15, 0.2) is 17.3 Å². The second-order valence-electron chi connectivity index (χ2n) is 12.9. The molecule has 1 atom stereocenters. The summed E-state index contributed by atoms with van der Waals surface area (Å²) in [6.45, 7) is 4.30. The van der Waals surface area contributed by atoms with Crippen molar-refractivity contribution in [1.29, 1.82) is 0 Å². The van der Waals surface area contributed by atoms with Crippen LogP contribution >= 0.6 is 0 Å². The van der Waals surface area contributed by atoms with Crippen LogP contribution in [0.4, 0.5) is 15.8 Å². The number of Topliss-reactive ketones (excluding diaryl/α,β-unsaturated/α-hetero) is 1. The molecule has 1 aliphatic carbocycles. The Bertz CT molecular complexity index is 2000. The molecule has 248 valence electrons. The fraction of sp³-hybridized carbons (Fsp3) is 0.243. The summed E-state index contributed by atoms with van der Waals surface area (Å²) in [5.74, 6) is -0.414. The number of hydrogen-bond acceptors (Lipinski definition) is 7. The highest BCUT2D eigenvalue weighted by Gasteiger charge is 2.42. The van der Waals surface area contributed by atoms with Crippen LogP contribution in [0.3, 0.4) is 0 Å². The second kappa shape index (κ2) is 13.2. The van der Waals surface area contributed by atoms with Gasteiger partial charge in [0, 0.05) is 24.2 Å². The third-order valence-corrected chi connectivity index (χ3v) is 9.48. The highest BCUT2D eigenvalue weighted by molar-refractivity contribution is 7.89. The molecule has 11 heteroatoms. The molecule has 1 unspecified atom stereocenters. The predicted molar refractivity (Wildman–Crippen MR) is 183 cm³/mol. The lowest BCUT2D eigenvalue weighted by atomic mass is 9.73. The highest BCUT2D eigenvalue weighted by Crippen LogP contribution is 2.48. The van der Waals surface area contributed by atoms with E-state index in [0.717, 1.165) is 16.9 Å². The number of carbonyl (C=O) groups is 2. The monoisotopic (exact) mass is 668 g/mol. The smallest absolute Gasteiger partial charge is 0.239 e. The number of amides is 1. The first-order valence-corrected chi connectivity index (χ1v) is 17.2. The summed E-state index contributed by atoms with van der Waals surface area (Å²) in [7, 11) is -3.80. The largest absolute Gasteiger partial charge is 0.454 e. The average molecular weight is 669 g/mol. The Morgan fingerprint density at radius 3 is 2.44 bits per heavy atom. The van der Waals surface area contributed by atoms with Gasteiger partial charge in [-0.3, -0.25) is 9.59 Å². The third kappa shape index (κ3) is 7.27. The quantitative estimate of drug-likeness (QED) is 0.193. The molecule has 6 rings (SSSR count). The van der Waals surface area contributed by atoms with Crippen molar-refractivity contribution in [3.8, 4) is 11.5 Å². The Morgan fingerprint density at radius 1 is 1.00 bits per heavy atom. The van der Waals surface area contributed by atoms with Crippen molar-refractivity contribution in [2.45, 2.75) is 44.0 Å². The first kappa shape index (κ1) is 32.9. The lowest BCUT2D eigenvalue weighted by Crippen LogP contribution is -2.42. The zero-order chi connectivity index (χ0) is 34.1. The zero-order valence-electron chi connectivity index (χ0n) is 26.7. The van der Waals surface area contributed by atoms with Gasteiger partial charge in [0.05, 0.1) is 28.9 Å². The molecule has 0 spiro atoms.